The molecule has 1 fully saturated rings. The summed E-state index contributed by atoms with van der Waals surface area (Å²) in [7, 11) is 1.60. The molecular weight excluding hydrogens is 344 g/mol. The zero-order valence-corrected chi connectivity index (χ0v) is 15.6. The van der Waals surface area contributed by atoms with Crippen molar-refractivity contribution in [3.63, 3.8) is 0 Å². The van der Waals surface area contributed by atoms with Gasteiger partial charge < -0.3 is 19.1 Å². The summed E-state index contributed by atoms with van der Waals surface area (Å²) < 4.78 is 7.36. The monoisotopic (exact) mass is 368 g/mol. The van der Waals surface area contributed by atoms with Gasteiger partial charge in [-0.1, -0.05) is 6.07 Å². The smallest absolute Gasteiger partial charge is 0.254 e. The van der Waals surface area contributed by atoms with Crippen molar-refractivity contribution in [1.29, 1.82) is 0 Å². The van der Waals surface area contributed by atoms with E-state index in [0.717, 1.165) is 37.3 Å². The van der Waals surface area contributed by atoms with Crippen LogP contribution < -0.4 is 4.74 Å². The number of hydrogen-bond donors (Lipinski definition) is 0. The molecule has 7 nitrogen and oxygen atoms in total. The number of likely N-dealkylation sites (tertiary alicyclic amines) is 1. The van der Waals surface area contributed by atoms with E-state index in [2.05, 4.69) is 9.55 Å². The maximum absolute atomic E-state index is 13.0. The number of imidazole rings is 1. The molecule has 0 radical (unpaired) electrons. The highest BCUT2D eigenvalue weighted by atomic mass is 16.5. The van der Waals surface area contributed by atoms with Crippen LogP contribution in [0, 0.1) is 0 Å². The van der Waals surface area contributed by atoms with Crippen molar-refractivity contribution in [2.75, 3.05) is 20.2 Å². The van der Waals surface area contributed by atoms with Gasteiger partial charge in [-0.05, 0) is 31.0 Å². The Hall–Kier alpha value is -2.83. The number of carbonyl (C=O) groups is 2. The molecule has 2 aromatic rings. The summed E-state index contributed by atoms with van der Waals surface area (Å²) in [6.45, 7) is 3.35. The lowest BCUT2D eigenvalue weighted by atomic mass is 10.1. The Morgan fingerprint density at radius 1 is 1.22 bits per heavy atom. The van der Waals surface area contributed by atoms with E-state index < -0.39 is 0 Å². The van der Waals surface area contributed by atoms with Crippen molar-refractivity contribution in [3.8, 4) is 5.75 Å². The Morgan fingerprint density at radius 2 is 2.11 bits per heavy atom. The van der Waals surface area contributed by atoms with Gasteiger partial charge in [0.2, 0.25) is 5.91 Å². The number of aromatic nitrogens is 2. The molecule has 3 heterocycles. The third-order valence-corrected chi connectivity index (χ3v) is 5.32. The number of amides is 2. The predicted molar refractivity (Wildman–Crippen MR) is 99.2 cm³/mol. The largest absolute Gasteiger partial charge is 0.497 e. The average Bonchev–Trinajstić information content (AvgIpc) is 3.20. The first kappa shape index (κ1) is 17.6. The molecule has 2 amide bonds. The van der Waals surface area contributed by atoms with Crippen LogP contribution in [-0.4, -0.2) is 51.4 Å². The molecule has 27 heavy (non-hydrogen) atoms. The number of ether oxygens (including phenoxy) is 1. The van der Waals surface area contributed by atoms with E-state index >= 15 is 0 Å². The second kappa shape index (κ2) is 7.42. The maximum atomic E-state index is 13.0. The molecule has 2 aliphatic rings. The lowest BCUT2D eigenvalue weighted by molar-refractivity contribution is -0.128. The molecule has 0 N–H and O–H groups in total. The molecule has 0 atom stereocenters. The first-order chi connectivity index (χ1) is 13.2. The number of rotatable bonds is 4. The van der Waals surface area contributed by atoms with Crippen molar-refractivity contribution in [2.45, 2.75) is 38.9 Å². The number of carbonyl (C=O) groups excluding carboxylic acids is 2. The second-order valence-electron chi connectivity index (χ2n) is 7.06. The van der Waals surface area contributed by atoms with E-state index in [1.807, 2.05) is 34.3 Å². The highest BCUT2D eigenvalue weighted by Crippen LogP contribution is 2.22. The highest BCUT2D eigenvalue weighted by molar-refractivity contribution is 5.94. The molecule has 4 rings (SSSR count). The molecule has 7 heteroatoms. The number of fused-ring (bicyclic) bond motifs is 1. The molecule has 0 unspecified atom stereocenters. The minimum absolute atomic E-state index is 0.00764. The minimum Gasteiger partial charge on any atom is -0.497 e. The van der Waals surface area contributed by atoms with Gasteiger partial charge in [0.25, 0.3) is 5.91 Å². The van der Waals surface area contributed by atoms with Gasteiger partial charge in [-0.25, -0.2) is 4.98 Å². The topological polar surface area (TPSA) is 67.7 Å². The van der Waals surface area contributed by atoms with Crippen LogP contribution in [0.2, 0.25) is 0 Å². The van der Waals surface area contributed by atoms with E-state index in [9.17, 15) is 9.59 Å². The SMILES string of the molecule is COc1cccc(C(=O)N2CCCn3cnc(CN4CCCC4=O)c3C2)c1. The Labute approximate surface area is 158 Å². The van der Waals surface area contributed by atoms with Crippen LogP contribution in [0.25, 0.3) is 0 Å². The van der Waals surface area contributed by atoms with Crippen molar-refractivity contribution in [2.24, 2.45) is 0 Å². The molecule has 142 valence electrons. The summed E-state index contributed by atoms with van der Waals surface area (Å²) in [6.07, 6.45) is 4.25. The number of benzene rings is 1. The molecule has 1 saturated heterocycles. The molecule has 0 spiro atoms. The van der Waals surface area contributed by atoms with Gasteiger partial charge in [0, 0.05) is 31.6 Å². The number of aryl methyl sites for hydroxylation is 1. The maximum Gasteiger partial charge on any atom is 0.254 e. The quantitative estimate of drug-likeness (QED) is 0.828. The normalized spacial score (nSPS) is 17.0. The number of hydrogen-bond acceptors (Lipinski definition) is 4. The van der Waals surface area contributed by atoms with Crippen LogP contribution in [0.4, 0.5) is 0 Å². The molecule has 0 bridgehead atoms. The fourth-order valence-electron chi connectivity index (χ4n) is 3.81. The lowest BCUT2D eigenvalue weighted by Gasteiger charge is -2.22. The van der Waals surface area contributed by atoms with Gasteiger partial charge in [-0.15, -0.1) is 0 Å². The van der Waals surface area contributed by atoms with E-state index in [1.165, 1.54) is 0 Å². The van der Waals surface area contributed by atoms with Crippen LogP contribution in [0.3, 0.4) is 0 Å². The predicted octanol–water partition coefficient (Wildman–Crippen LogP) is 2.06. The fraction of sp³-hybridized carbons (Fsp3) is 0.450. The van der Waals surface area contributed by atoms with Crippen LogP contribution in [-0.2, 0) is 24.4 Å². The van der Waals surface area contributed by atoms with Crippen molar-refractivity contribution in [1.82, 2.24) is 19.4 Å². The van der Waals surface area contributed by atoms with Crippen LogP contribution in [0.5, 0.6) is 5.75 Å². The van der Waals surface area contributed by atoms with E-state index in [1.54, 1.807) is 13.2 Å². The van der Waals surface area contributed by atoms with Gasteiger partial charge in [0.15, 0.2) is 0 Å². The third-order valence-electron chi connectivity index (χ3n) is 5.32. The molecule has 1 aromatic carbocycles. The van der Waals surface area contributed by atoms with Gasteiger partial charge in [0.05, 0.1) is 37.9 Å². The van der Waals surface area contributed by atoms with Gasteiger partial charge in [0.1, 0.15) is 5.75 Å². The molecule has 0 saturated carbocycles. The summed E-state index contributed by atoms with van der Waals surface area (Å²) in [4.78, 5) is 33.3. The third kappa shape index (κ3) is 3.54. The zero-order valence-electron chi connectivity index (χ0n) is 15.6. The fourth-order valence-corrected chi connectivity index (χ4v) is 3.81. The summed E-state index contributed by atoms with van der Waals surface area (Å²) in [5, 5.41) is 0. The number of methoxy groups -OCH3 is 1. The molecule has 2 aliphatic heterocycles. The standard InChI is InChI=1S/C20H24N4O3/c1-27-16-6-2-5-15(11-16)20(26)23-9-4-10-24-14-21-17(18(24)13-23)12-22-8-3-7-19(22)25/h2,5-6,11,14H,3-4,7-10,12-13H2,1H3. The summed E-state index contributed by atoms with van der Waals surface area (Å²) in [5.41, 5.74) is 2.55. The summed E-state index contributed by atoms with van der Waals surface area (Å²) >= 11 is 0. The van der Waals surface area contributed by atoms with Crippen molar-refractivity contribution >= 4 is 11.8 Å². The molecular formula is C20H24N4O3. The number of nitrogens with zero attached hydrogens (tertiary/aromatic N) is 4. The Bertz CT molecular complexity index is 861. The van der Waals surface area contributed by atoms with Crippen LogP contribution in [0.15, 0.2) is 30.6 Å². The van der Waals surface area contributed by atoms with Crippen LogP contribution >= 0.6 is 0 Å². The average molecular weight is 368 g/mol. The Kier molecular flexibility index (Phi) is 4.83. The van der Waals surface area contributed by atoms with E-state index in [0.29, 0.717) is 37.4 Å². The lowest BCUT2D eigenvalue weighted by Crippen LogP contribution is -2.31. The summed E-state index contributed by atoms with van der Waals surface area (Å²) in [5.74, 6) is 0.857. The Morgan fingerprint density at radius 3 is 2.89 bits per heavy atom. The first-order valence-corrected chi connectivity index (χ1v) is 9.39. The highest BCUT2D eigenvalue weighted by Gasteiger charge is 2.26. The van der Waals surface area contributed by atoms with Crippen molar-refractivity contribution < 1.29 is 14.3 Å². The summed E-state index contributed by atoms with van der Waals surface area (Å²) in [6, 6.07) is 7.25. The van der Waals surface area contributed by atoms with E-state index in [4.69, 9.17) is 4.74 Å². The first-order valence-electron chi connectivity index (χ1n) is 9.39. The van der Waals surface area contributed by atoms with Gasteiger partial charge in [-0.2, -0.15) is 0 Å². The van der Waals surface area contributed by atoms with Gasteiger partial charge in [-0.3, -0.25) is 9.59 Å². The van der Waals surface area contributed by atoms with E-state index in [-0.39, 0.29) is 11.8 Å². The zero-order chi connectivity index (χ0) is 18.8. The van der Waals surface area contributed by atoms with Gasteiger partial charge >= 0.3 is 0 Å². The minimum atomic E-state index is -0.00764. The second-order valence-corrected chi connectivity index (χ2v) is 7.06. The van der Waals surface area contributed by atoms with Crippen molar-refractivity contribution in [3.05, 3.63) is 47.5 Å². The Balaban J connectivity index is 1.55. The molecule has 0 aliphatic carbocycles. The molecule has 1 aromatic heterocycles. The van der Waals surface area contributed by atoms with Crippen LogP contribution in [0.1, 0.15) is 41.0 Å².